The number of oxime groups is 1. The number of amides is 2. The summed E-state index contributed by atoms with van der Waals surface area (Å²) in [6, 6.07) is 4.29. The summed E-state index contributed by atoms with van der Waals surface area (Å²) in [5, 5.41) is 24.7. The van der Waals surface area contributed by atoms with Crippen LogP contribution in [0.1, 0.15) is 18.3 Å². The first kappa shape index (κ1) is 24.1. The summed E-state index contributed by atoms with van der Waals surface area (Å²) >= 11 is 2.21. The minimum atomic E-state index is -1.24. The Morgan fingerprint density at radius 1 is 1.46 bits per heavy atom. The van der Waals surface area contributed by atoms with Crippen LogP contribution in [0.5, 0.6) is 0 Å². The number of carboxylic acid groups (broad SMARTS) is 1. The molecule has 1 fully saturated rings. The molecule has 4 N–H and O–H groups in total. The standard InChI is InChI=1S/C20H18N8O5S2/c1-2-33-25-12(15-24-20(22)35-26-15)16(29)23-13-17(30)28-14(19(31)32)11(9-34-18(13)28)8-27-5-3-10(7-21)4-6-27/h3-6,13,18H,2,8-9H2,1H3,(H3-,22,23,24,26,29,31,32)/p+1/b25-12-/t13?,18-/m1/s1. The van der Waals surface area contributed by atoms with E-state index < -0.39 is 29.2 Å². The van der Waals surface area contributed by atoms with Crippen LogP contribution in [0.4, 0.5) is 5.13 Å². The molecule has 180 valence electrons. The van der Waals surface area contributed by atoms with Gasteiger partial charge in [-0.2, -0.15) is 14.6 Å². The van der Waals surface area contributed by atoms with Crippen LogP contribution in [0.3, 0.4) is 0 Å². The lowest BCUT2D eigenvalue weighted by molar-refractivity contribution is -0.689. The van der Waals surface area contributed by atoms with Gasteiger partial charge < -0.3 is 21.0 Å². The van der Waals surface area contributed by atoms with E-state index in [4.69, 9.17) is 15.8 Å². The number of aromatic nitrogens is 3. The summed E-state index contributed by atoms with van der Waals surface area (Å²) in [4.78, 5) is 48.0. The van der Waals surface area contributed by atoms with Crippen LogP contribution in [0, 0.1) is 11.3 Å². The van der Waals surface area contributed by atoms with Crippen LogP contribution < -0.4 is 15.6 Å². The van der Waals surface area contributed by atoms with Gasteiger partial charge in [-0.1, -0.05) is 5.16 Å². The van der Waals surface area contributed by atoms with Gasteiger partial charge in [0.1, 0.15) is 23.7 Å². The molecule has 2 aliphatic heterocycles. The highest BCUT2D eigenvalue weighted by atomic mass is 32.2. The second-order valence-electron chi connectivity index (χ2n) is 7.30. The highest BCUT2D eigenvalue weighted by Crippen LogP contribution is 2.40. The van der Waals surface area contributed by atoms with E-state index in [2.05, 4.69) is 19.8 Å². The van der Waals surface area contributed by atoms with E-state index >= 15 is 0 Å². The van der Waals surface area contributed by atoms with Crippen molar-refractivity contribution in [1.29, 1.82) is 5.26 Å². The van der Waals surface area contributed by atoms with Crippen LogP contribution in [0.2, 0.25) is 0 Å². The average Bonchev–Trinajstić information content (AvgIpc) is 3.28. The largest absolute Gasteiger partial charge is 0.477 e. The molecule has 2 atom stereocenters. The van der Waals surface area contributed by atoms with Crippen molar-refractivity contribution in [3.8, 4) is 6.07 Å². The van der Waals surface area contributed by atoms with E-state index in [9.17, 15) is 19.5 Å². The zero-order valence-electron chi connectivity index (χ0n) is 18.2. The predicted molar refractivity (Wildman–Crippen MR) is 124 cm³/mol. The molecule has 15 heteroatoms. The maximum absolute atomic E-state index is 12.9. The first-order valence-electron chi connectivity index (χ1n) is 10.2. The molecule has 2 aromatic heterocycles. The summed E-state index contributed by atoms with van der Waals surface area (Å²) < 4.78 is 5.69. The van der Waals surface area contributed by atoms with Gasteiger partial charge in [0, 0.05) is 35.0 Å². The molecular weight excluding hydrogens is 496 g/mol. The number of nitrogen functional groups attached to an aromatic ring is 1. The molecule has 1 unspecified atom stereocenters. The third-order valence-electron chi connectivity index (χ3n) is 5.08. The van der Waals surface area contributed by atoms with Crippen molar-refractivity contribution in [3.05, 3.63) is 47.2 Å². The Bertz CT molecular complexity index is 1280. The molecule has 0 spiro atoms. The Kier molecular flexibility index (Phi) is 6.94. The van der Waals surface area contributed by atoms with Gasteiger partial charge in [-0.25, -0.2) is 9.36 Å². The van der Waals surface area contributed by atoms with Gasteiger partial charge in [0.25, 0.3) is 11.8 Å². The molecule has 0 saturated carbocycles. The molecule has 2 amide bonds. The number of β-lactam (4-membered cyclic amide) rings is 1. The van der Waals surface area contributed by atoms with Crippen molar-refractivity contribution in [2.75, 3.05) is 18.1 Å². The Labute approximate surface area is 207 Å². The van der Waals surface area contributed by atoms with Gasteiger partial charge in [0.15, 0.2) is 24.1 Å². The monoisotopic (exact) mass is 515 g/mol. The zero-order valence-corrected chi connectivity index (χ0v) is 19.9. The van der Waals surface area contributed by atoms with Gasteiger partial charge in [0.2, 0.25) is 11.5 Å². The zero-order chi connectivity index (χ0) is 25.1. The van der Waals surface area contributed by atoms with Gasteiger partial charge in [-0.15, -0.1) is 11.8 Å². The highest BCUT2D eigenvalue weighted by Gasteiger charge is 2.54. The van der Waals surface area contributed by atoms with Crippen LogP contribution in [-0.2, 0) is 25.8 Å². The van der Waals surface area contributed by atoms with Crippen molar-refractivity contribution in [1.82, 2.24) is 19.6 Å². The van der Waals surface area contributed by atoms with E-state index in [1.54, 1.807) is 36.0 Å². The molecule has 0 aliphatic carbocycles. The molecule has 0 bridgehead atoms. The van der Waals surface area contributed by atoms with Crippen LogP contribution in [-0.4, -0.2) is 66.6 Å². The fourth-order valence-corrected chi connectivity index (χ4v) is 5.29. The van der Waals surface area contributed by atoms with Crippen LogP contribution >= 0.6 is 23.3 Å². The van der Waals surface area contributed by atoms with E-state index in [0.29, 0.717) is 16.9 Å². The number of nitriles is 1. The molecule has 4 rings (SSSR count). The van der Waals surface area contributed by atoms with Crippen molar-refractivity contribution in [2.45, 2.75) is 24.9 Å². The van der Waals surface area contributed by atoms with Crippen LogP contribution in [0.25, 0.3) is 0 Å². The number of carboxylic acids is 1. The first-order chi connectivity index (χ1) is 16.8. The SMILES string of the molecule is CCO/N=C(\C(=O)NC1C(=O)N2C(C(=O)O)=C(C[n+]3ccc(C#N)cc3)CS[C@H]12)c1nsc(N)n1. The van der Waals surface area contributed by atoms with Crippen molar-refractivity contribution in [2.24, 2.45) is 5.16 Å². The Hall–Kier alpha value is -4.03. The summed E-state index contributed by atoms with van der Waals surface area (Å²) in [6.07, 6.45) is 3.34. The second kappa shape index (κ2) is 10.1. The summed E-state index contributed by atoms with van der Waals surface area (Å²) in [5.41, 5.74) is 6.26. The quantitative estimate of drug-likeness (QED) is 0.178. The smallest absolute Gasteiger partial charge is 0.352 e. The lowest BCUT2D eigenvalue weighted by Crippen LogP contribution is -2.71. The summed E-state index contributed by atoms with van der Waals surface area (Å²) in [5.74, 6) is -2.24. The van der Waals surface area contributed by atoms with Crippen LogP contribution in [0.15, 0.2) is 41.0 Å². The molecule has 35 heavy (non-hydrogen) atoms. The number of thioether (sulfide) groups is 1. The lowest BCUT2D eigenvalue weighted by Gasteiger charge is -2.49. The lowest BCUT2D eigenvalue weighted by atomic mass is 10.0. The van der Waals surface area contributed by atoms with Gasteiger partial charge in [-0.3, -0.25) is 14.5 Å². The first-order valence-corrected chi connectivity index (χ1v) is 12.1. The number of hydrogen-bond acceptors (Lipinski definition) is 11. The number of nitrogens with two attached hydrogens (primary N) is 1. The van der Waals surface area contributed by atoms with E-state index in [1.807, 2.05) is 6.07 Å². The highest BCUT2D eigenvalue weighted by molar-refractivity contribution is 8.00. The van der Waals surface area contributed by atoms with Gasteiger partial charge in [0.05, 0.1) is 11.6 Å². The van der Waals surface area contributed by atoms with E-state index in [0.717, 1.165) is 11.5 Å². The third-order valence-corrected chi connectivity index (χ3v) is 6.97. The Balaban J connectivity index is 1.53. The maximum Gasteiger partial charge on any atom is 0.352 e. The number of fused-ring (bicyclic) bond motifs is 1. The molecule has 4 heterocycles. The van der Waals surface area contributed by atoms with Crippen molar-refractivity contribution < 1.29 is 28.9 Å². The Morgan fingerprint density at radius 3 is 2.80 bits per heavy atom. The van der Waals surface area contributed by atoms with E-state index in [1.165, 1.54) is 16.7 Å². The van der Waals surface area contributed by atoms with Crippen molar-refractivity contribution in [3.63, 3.8) is 0 Å². The number of aliphatic carboxylic acids is 1. The van der Waals surface area contributed by atoms with Gasteiger partial charge >= 0.3 is 5.97 Å². The number of nitrogens with one attached hydrogen (secondary N) is 1. The normalized spacial score (nSPS) is 19.5. The van der Waals surface area contributed by atoms with E-state index in [-0.39, 0.29) is 35.5 Å². The summed E-state index contributed by atoms with van der Waals surface area (Å²) in [7, 11) is 0. The summed E-state index contributed by atoms with van der Waals surface area (Å²) in [6.45, 7) is 2.11. The van der Waals surface area contributed by atoms with Crippen molar-refractivity contribution >= 4 is 51.9 Å². The molecule has 0 aromatic carbocycles. The molecule has 1 saturated heterocycles. The predicted octanol–water partition coefficient (Wildman–Crippen LogP) is -0.541. The molecule has 2 aromatic rings. The molecule has 0 radical (unpaired) electrons. The molecule has 13 nitrogen and oxygen atoms in total. The molecule has 2 aliphatic rings. The number of nitrogens with zero attached hydrogens (tertiary/aromatic N) is 6. The average molecular weight is 516 g/mol. The fourth-order valence-electron chi connectivity index (χ4n) is 3.52. The number of pyridine rings is 1. The third kappa shape index (κ3) is 4.79. The minimum Gasteiger partial charge on any atom is -0.477 e. The number of rotatable bonds is 8. The minimum absolute atomic E-state index is 0.0359. The second-order valence-corrected chi connectivity index (χ2v) is 9.19. The molecular formula is C20H19N8O5S2+. The Morgan fingerprint density at radius 2 is 2.20 bits per heavy atom. The number of carbonyl (C=O) groups is 3. The van der Waals surface area contributed by atoms with Gasteiger partial charge in [-0.05, 0) is 6.92 Å². The number of carbonyl (C=O) groups excluding carboxylic acids is 2. The number of hydrogen-bond donors (Lipinski definition) is 3. The number of anilines is 1. The topological polar surface area (TPSA) is 188 Å². The maximum atomic E-state index is 12.9. The fraction of sp³-hybridized carbons (Fsp3) is 0.300.